The van der Waals surface area contributed by atoms with Crippen LogP contribution in [0.1, 0.15) is 90.9 Å². The molecule has 0 aromatic carbocycles. The van der Waals surface area contributed by atoms with Crippen LogP contribution in [0.15, 0.2) is 0 Å². The predicted octanol–water partition coefficient (Wildman–Crippen LogP) is 4.77. The van der Waals surface area contributed by atoms with Gasteiger partial charge in [-0.1, -0.05) is 57.8 Å². The second kappa shape index (κ2) is 11.8. The number of hydrogen-bond donors (Lipinski definition) is 1. The van der Waals surface area contributed by atoms with Crippen LogP contribution in [0.5, 0.6) is 0 Å². The summed E-state index contributed by atoms with van der Waals surface area (Å²) in [6.45, 7) is 4.88. The van der Waals surface area contributed by atoms with Crippen molar-refractivity contribution >= 4 is 0 Å². The van der Waals surface area contributed by atoms with Crippen molar-refractivity contribution in [1.82, 2.24) is 0 Å². The highest BCUT2D eigenvalue weighted by Gasteiger charge is 2.18. The van der Waals surface area contributed by atoms with E-state index in [1.807, 2.05) is 6.92 Å². The summed E-state index contributed by atoms with van der Waals surface area (Å²) < 4.78 is 10.8. The minimum Gasteiger partial charge on any atom is -0.414 e. The molecule has 3 heteroatoms. The van der Waals surface area contributed by atoms with Crippen LogP contribution in [-0.4, -0.2) is 23.6 Å². The third-order valence-electron chi connectivity index (χ3n) is 4.19. The molecule has 2 unspecified atom stereocenters. The molecule has 22 heavy (non-hydrogen) atoms. The van der Waals surface area contributed by atoms with Crippen molar-refractivity contribution in [3.63, 3.8) is 0 Å². The van der Waals surface area contributed by atoms with Gasteiger partial charge in [0, 0.05) is 12.8 Å². The first-order valence-corrected chi connectivity index (χ1v) is 9.11. The van der Waals surface area contributed by atoms with E-state index in [0.29, 0.717) is 6.42 Å². The molecule has 0 amide bonds. The minimum absolute atomic E-state index is 0.172. The molecule has 0 aromatic rings. The van der Waals surface area contributed by atoms with Crippen LogP contribution in [0, 0.1) is 12.0 Å². The second-order valence-corrected chi connectivity index (χ2v) is 6.74. The molecule has 1 aliphatic heterocycles. The summed E-state index contributed by atoms with van der Waals surface area (Å²) in [5.41, 5.74) is -0.701. The van der Waals surface area contributed by atoms with Crippen LogP contribution in [0.25, 0.3) is 0 Å². The number of unbranched alkanes of at least 4 members (excludes halogenated alkanes) is 6. The molecule has 1 N–H and O–H groups in total. The van der Waals surface area contributed by atoms with Gasteiger partial charge in [0.05, 0.1) is 12.2 Å². The molecule has 0 saturated carbocycles. The van der Waals surface area contributed by atoms with Crippen LogP contribution in [0.4, 0.5) is 0 Å². The van der Waals surface area contributed by atoms with Gasteiger partial charge in [0.2, 0.25) is 6.29 Å². The third-order valence-corrected chi connectivity index (χ3v) is 4.19. The molecule has 0 bridgehead atoms. The molecule has 1 fully saturated rings. The van der Waals surface area contributed by atoms with Gasteiger partial charge in [-0.15, -0.1) is 0 Å². The fourth-order valence-corrected chi connectivity index (χ4v) is 2.69. The molecule has 1 aliphatic rings. The van der Waals surface area contributed by atoms with Crippen molar-refractivity contribution < 1.29 is 14.6 Å². The summed E-state index contributed by atoms with van der Waals surface area (Å²) in [6.07, 6.45) is 15.9. The lowest BCUT2D eigenvalue weighted by Gasteiger charge is -2.21. The summed E-state index contributed by atoms with van der Waals surface area (Å²) >= 11 is 0. The zero-order chi connectivity index (χ0) is 16.1. The van der Waals surface area contributed by atoms with E-state index >= 15 is 0 Å². The van der Waals surface area contributed by atoms with Gasteiger partial charge in [0.15, 0.2) is 0 Å². The van der Waals surface area contributed by atoms with Crippen molar-refractivity contribution in [2.45, 2.75) is 103 Å². The first-order chi connectivity index (χ1) is 10.6. The first-order valence-electron chi connectivity index (χ1n) is 9.11. The van der Waals surface area contributed by atoms with Gasteiger partial charge < -0.3 is 14.6 Å². The maximum Gasteiger partial charge on any atom is 0.210 e. The average molecular weight is 310 g/mol. The first kappa shape index (κ1) is 19.3. The van der Waals surface area contributed by atoms with E-state index in [-0.39, 0.29) is 6.29 Å². The quantitative estimate of drug-likeness (QED) is 0.466. The Kier molecular flexibility index (Phi) is 10.4. The van der Waals surface area contributed by atoms with E-state index in [4.69, 9.17) is 9.47 Å². The normalized spacial score (nSPS) is 20.8. The summed E-state index contributed by atoms with van der Waals surface area (Å²) in [4.78, 5) is 0. The van der Waals surface area contributed by atoms with Gasteiger partial charge in [-0.05, 0) is 26.2 Å². The van der Waals surface area contributed by atoms with Gasteiger partial charge >= 0.3 is 0 Å². The molecule has 0 aliphatic carbocycles. The minimum atomic E-state index is -0.701. The lowest BCUT2D eigenvalue weighted by atomic mass is 9.94. The summed E-state index contributed by atoms with van der Waals surface area (Å²) in [5, 5.41) is 10.3. The zero-order valence-corrected chi connectivity index (χ0v) is 14.5. The molecule has 1 heterocycles. The lowest BCUT2D eigenvalue weighted by Crippen LogP contribution is -2.23. The smallest absolute Gasteiger partial charge is 0.210 e. The Morgan fingerprint density at radius 3 is 2.55 bits per heavy atom. The second-order valence-electron chi connectivity index (χ2n) is 6.74. The number of ether oxygens (including phenoxy) is 2. The fraction of sp³-hybridized carbons (Fsp3) is 0.895. The van der Waals surface area contributed by atoms with Crippen LogP contribution < -0.4 is 0 Å². The average Bonchev–Trinajstić information content (AvgIpc) is 2.52. The Morgan fingerprint density at radius 2 is 1.86 bits per heavy atom. The number of hydrogen-bond acceptors (Lipinski definition) is 3. The van der Waals surface area contributed by atoms with Gasteiger partial charge in [0.25, 0.3) is 0 Å². The fourth-order valence-electron chi connectivity index (χ4n) is 2.69. The summed E-state index contributed by atoms with van der Waals surface area (Å²) in [6, 6.07) is 0. The predicted molar refractivity (Wildman–Crippen MR) is 90.3 cm³/mol. The molecule has 0 aromatic heterocycles. The van der Waals surface area contributed by atoms with Gasteiger partial charge in [-0.25, -0.2) is 0 Å². The van der Waals surface area contributed by atoms with Crippen molar-refractivity contribution in [3.05, 3.63) is 0 Å². The topological polar surface area (TPSA) is 38.7 Å². The van der Waals surface area contributed by atoms with Crippen LogP contribution in [-0.2, 0) is 9.47 Å². The van der Waals surface area contributed by atoms with Crippen molar-refractivity contribution in [1.29, 1.82) is 0 Å². The van der Waals surface area contributed by atoms with E-state index in [1.54, 1.807) is 0 Å². The molecule has 1 saturated heterocycles. The molecule has 3 nitrogen and oxygen atoms in total. The maximum absolute atomic E-state index is 10.3. The summed E-state index contributed by atoms with van der Waals surface area (Å²) in [5.74, 6) is 2.94. The zero-order valence-electron chi connectivity index (χ0n) is 14.5. The van der Waals surface area contributed by atoms with E-state index in [1.165, 1.54) is 38.5 Å². The Balaban J connectivity index is 2.05. The maximum atomic E-state index is 10.3. The Morgan fingerprint density at radius 1 is 1.14 bits per heavy atom. The standard InChI is InChI=1S/C19H34O3/c1-3-4-5-6-7-8-10-14-19(2,20)15-12-17-22-18-13-9-11-16-21-18/h18,20H,3-11,13-16H2,1-2H3. The number of aliphatic hydroxyl groups is 1. The molecule has 1 rings (SSSR count). The Hall–Kier alpha value is -0.720. The Bertz CT molecular complexity index is 321. The van der Waals surface area contributed by atoms with Crippen LogP contribution in [0.2, 0.25) is 0 Å². The van der Waals surface area contributed by atoms with Crippen LogP contribution >= 0.6 is 0 Å². The highest BCUT2D eigenvalue weighted by atomic mass is 16.7. The molecular weight excluding hydrogens is 276 g/mol. The van der Waals surface area contributed by atoms with E-state index in [2.05, 4.69) is 19.0 Å². The van der Waals surface area contributed by atoms with Crippen molar-refractivity contribution in [3.8, 4) is 12.0 Å². The van der Waals surface area contributed by atoms with E-state index in [9.17, 15) is 5.11 Å². The van der Waals surface area contributed by atoms with Crippen molar-refractivity contribution in [2.75, 3.05) is 6.61 Å². The molecule has 0 spiro atoms. The van der Waals surface area contributed by atoms with Gasteiger partial charge in [-0.3, -0.25) is 0 Å². The largest absolute Gasteiger partial charge is 0.414 e. The van der Waals surface area contributed by atoms with Gasteiger partial charge in [-0.2, -0.15) is 0 Å². The highest BCUT2D eigenvalue weighted by molar-refractivity contribution is 4.98. The SMILES string of the molecule is CCCCCCCCCC(C)(O)CC#COC1CCCCO1. The Labute approximate surface area is 136 Å². The molecule has 128 valence electrons. The van der Waals surface area contributed by atoms with Crippen molar-refractivity contribution in [2.24, 2.45) is 0 Å². The monoisotopic (exact) mass is 310 g/mol. The third kappa shape index (κ3) is 10.1. The summed E-state index contributed by atoms with van der Waals surface area (Å²) in [7, 11) is 0. The molecule has 2 atom stereocenters. The van der Waals surface area contributed by atoms with Gasteiger partial charge in [0.1, 0.15) is 6.11 Å². The molecular formula is C19H34O3. The van der Waals surface area contributed by atoms with E-state index in [0.717, 1.165) is 38.7 Å². The molecule has 0 radical (unpaired) electrons. The van der Waals surface area contributed by atoms with E-state index < -0.39 is 5.60 Å². The lowest BCUT2D eigenvalue weighted by molar-refractivity contribution is -0.122. The highest BCUT2D eigenvalue weighted by Crippen LogP contribution is 2.19. The van der Waals surface area contributed by atoms with Crippen LogP contribution in [0.3, 0.4) is 0 Å². The number of rotatable bonds is 10.